The van der Waals surface area contributed by atoms with Crippen LogP contribution in [0.15, 0.2) is 47.9 Å². The summed E-state index contributed by atoms with van der Waals surface area (Å²) >= 11 is 0. The first-order valence-corrected chi connectivity index (χ1v) is 6.53. The molecule has 1 aliphatic rings. The molecule has 0 aromatic carbocycles. The van der Waals surface area contributed by atoms with Crippen LogP contribution >= 0.6 is 0 Å². The highest BCUT2D eigenvalue weighted by molar-refractivity contribution is 5.41. The standard InChI is InChI=1S/C16H25N/c1-6-9-11-15-16(4,5)14(10-7-2)13-17(15)12-8-3/h6-7,9-11,13H,8,12H2,1-5H3/b9-6-,10-7-,15-11+. The molecule has 0 unspecified atom stereocenters. The van der Waals surface area contributed by atoms with Crippen molar-refractivity contribution in [3.05, 3.63) is 47.9 Å². The molecule has 0 spiro atoms. The highest BCUT2D eigenvalue weighted by Crippen LogP contribution is 2.43. The second kappa shape index (κ2) is 5.90. The third kappa shape index (κ3) is 2.91. The molecule has 1 heterocycles. The summed E-state index contributed by atoms with van der Waals surface area (Å²) < 4.78 is 0. The summed E-state index contributed by atoms with van der Waals surface area (Å²) in [6, 6.07) is 0. The molecule has 0 aliphatic carbocycles. The van der Waals surface area contributed by atoms with Crippen molar-refractivity contribution in [3.8, 4) is 0 Å². The van der Waals surface area contributed by atoms with Crippen LogP contribution in [0.3, 0.4) is 0 Å². The maximum absolute atomic E-state index is 2.38. The maximum Gasteiger partial charge on any atom is 0.0313 e. The smallest absolute Gasteiger partial charge is 0.0313 e. The lowest BCUT2D eigenvalue weighted by Gasteiger charge is -2.27. The van der Waals surface area contributed by atoms with E-state index >= 15 is 0 Å². The number of rotatable bonds is 4. The number of hydrogen-bond donors (Lipinski definition) is 0. The molecule has 0 atom stereocenters. The van der Waals surface area contributed by atoms with Crippen LogP contribution in [-0.4, -0.2) is 11.4 Å². The molecule has 94 valence electrons. The van der Waals surface area contributed by atoms with Crippen LogP contribution in [0.5, 0.6) is 0 Å². The molecule has 1 heteroatoms. The molecule has 0 amide bonds. The summed E-state index contributed by atoms with van der Waals surface area (Å²) in [6.45, 7) is 12.0. The van der Waals surface area contributed by atoms with Crippen LogP contribution in [0.4, 0.5) is 0 Å². The summed E-state index contributed by atoms with van der Waals surface area (Å²) in [5, 5.41) is 0. The molecule has 0 fully saturated rings. The Labute approximate surface area is 106 Å². The van der Waals surface area contributed by atoms with Gasteiger partial charge in [-0.25, -0.2) is 0 Å². The zero-order valence-electron chi connectivity index (χ0n) is 11.8. The molecular formula is C16H25N. The molecule has 1 nitrogen and oxygen atoms in total. The molecule has 0 saturated carbocycles. The Balaban J connectivity index is 3.11. The van der Waals surface area contributed by atoms with E-state index < -0.39 is 0 Å². The van der Waals surface area contributed by atoms with E-state index in [2.05, 4.69) is 76.1 Å². The van der Waals surface area contributed by atoms with Crippen molar-refractivity contribution in [3.63, 3.8) is 0 Å². The molecule has 0 bridgehead atoms. The molecule has 1 rings (SSSR count). The lowest BCUT2D eigenvalue weighted by molar-refractivity contribution is 0.402. The topological polar surface area (TPSA) is 3.24 Å². The van der Waals surface area contributed by atoms with Crippen molar-refractivity contribution in [1.29, 1.82) is 0 Å². The SMILES string of the molecule is C/C=C\C=C1\N(CCC)C=C(/C=C\C)C1(C)C. The second-order valence-corrected chi connectivity index (χ2v) is 4.98. The minimum absolute atomic E-state index is 0.112. The summed E-state index contributed by atoms with van der Waals surface area (Å²) in [7, 11) is 0. The van der Waals surface area contributed by atoms with Gasteiger partial charge in [0.25, 0.3) is 0 Å². The summed E-state index contributed by atoms with van der Waals surface area (Å²) in [5.41, 5.74) is 2.90. The fourth-order valence-electron chi connectivity index (χ4n) is 2.25. The van der Waals surface area contributed by atoms with Gasteiger partial charge in [-0.2, -0.15) is 0 Å². The van der Waals surface area contributed by atoms with Gasteiger partial charge in [0.05, 0.1) is 0 Å². The summed E-state index contributed by atoms with van der Waals surface area (Å²) in [4.78, 5) is 2.38. The van der Waals surface area contributed by atoms with Crippen molar-refractivity contribution in [2.24, 2.45) is 5.41 Å². The van der Waals surface area contributed by atoms with Gasteiger partial charge >= 0.3 is 0 Å². The molecule has 1 aliphatic heterocycles. The fourth-order valence-corrected chi connectivity index (χ4v) is 2.25. The Hall–Kier alpha value is -1.24. The van der Waals surface area contributed by atoms with Gasteiger partial charge in [-0.15, -0.1) is 0 Å². The minimum atomic E-state index is 0.112. The largest absolute Gasteiger partial charge is 0.350 e. The first kappa shape index (κ1) is 13.8. The van der Waals surface area contributed by atoms with Gasteiger partial charge in [0, 0.05) is 23.9 Å². The van der Waals surface area contributed by atoms with Crippen LogP contribution in [0.2, 0.25) is 0 Å². The van der Waals surface area contributed by atoms with Crippen LogP contribution in [0, 0.1) is 5.41 Å². The Morgan fingerprint density at radius 2 is 1.94 bits per heavy atom. The van der Waals surface area contributed by atoms with Crippen molar-refractivity contribution >= 4 is 0 Å². The van der Waals surface area contributed by atoms with Crippen molar-refractivity contribution < 1.29 is 0 Å². The number of hydrogen-bond acceptors (Lipinski definition) is 1. The van der Waals surface area contributed by atoms with E-state index in [0.29, 0.717) is 0 Å². The molecule has 0 aromatic rings. The van der Waals surface area contributed by atoms with Crippen LogP contribution in [0.1, 0.15) is 41.0 Å². The lowest BCUT2D eigenvalue weighted by Crippen LogP contribution is -2.22. The highest BCUT2D eigenvalue weighted by Gasteiger charge is 2.34. The van der Waals surface area contributed by atoms with Crippen molar-refractivity contribution in [2.75, 3.05) is 6.54 Å². The normalized spacial score (nSPS) is 22.1. The molecule has 0 aromatic heterocycles. The zero-order valence-corrected chi connectivity index (χ0v) is 11.8. The van der Waals surface area contributed by atoms with E-state index in [9.17, 15) is 0 Å². The second-order valence-electron chi connectivity index (χ2n) is 4.98. The minimum Gasteiger partial charge on any atom is -0.350 e. The van der Waals surface area contributed by atoms with Crippen LogP contribution in [0.25, 0.3) is 0 Å². The van der Waals surface area contributed by atoms with Gasteiger partial charge in [0.2, 0.25) is 0 Å². The Morgan fingerprint density at radius 1 is 1.24 bits per heavy atom. The Kier molecular flexibility index (Phi) is 4.80. The zero-order chi connectivity index (χ0) is 12.9. The van der Waals surface area contributed by atoms with Crippen LogP contribution in [-0.2, 0) is 0 Å². The third-order valence-electron chi connectivity index (χ3n) is 3.22. The lowest BCUT2D eigenvalue weighted by atomic mass is 9.83. The third-order valence-corrected chi connectivity index (χ3v) is 3.22. The van der Waals surface area contributed by atoms with E-state index in [1.807, 2.05) is 0 Å². The average molecular weight is 231 g/mol. The number of nitrogens with zero attached hydrogens (tertiary/aromatic N) is 1. The van der Waals surface area contributed by atoms with E-state index in [-0.39, 0.29) is 5.41 Å². The average Bonchev–Trinajstić information content (AvgIpc) is 2.50. The van der Waals surface area contributed by atoms with E-state index in [1.54, 1.807) is 0 Å². The fraction of sp³-hybridized carbons (Fsp3) is 0.500. The van der Waals surface area contributed by atoms with E-state index in [1.165, 1.54) is 17.7 Å². The Morgan fingerprint density at radius 3 is 2.47 bits per heavy atom. The van der Waals surface area contributed by atoms with Gasteiger partial charge in [-0.1, -0.05) is 45.1 Å². The molecule has 0 radical (unpaired) electrons. The van der Waals surface area contributed by atoms with Gasteiger partial charge in [-0.3, -0.25) is 0 Å². The first-order valence-electron chi connectivity index (χ1n) is 6.53. The van der Waals surface area contributed by atoms with Gasteiger partial charge in [0.15, 0.2) is 0 Å². The molecule has 17 heavy (non-hydrogen) atoms. The van der Waals surface area contributed by atoms with Gasteiger partial charge < -0.3 is 4.90 Å². The predicted octanol–water partition coefficient (Wildman–Crippen LogP) is 4.66. The molecular weight excluding hydrogens is 206 g/mol. The van der Waals surface area contributed by atoms with Crippen molar-refractivity contribution in [2.45, 2.75) is 41.0 Å². The number of allylic oxidation sites excluding steroid dienone is 6. The maximum atomic E-state index is 2.38. The Bertz CT molecular complexity index is 367. The van der Waals surface area contributed by atoms with E-state index in [0.717, 1.165) is 6.54 Å². The van der Waals surface area contributed by atoms with Crippen molar-refractivity contribution in [1.82, 2.24) is 4.90 Å². The van der Waals surface area contributed by atoms with E-state index in [4.69, 9.17) is 0 Å². The van der Waals surface area contributed by atoms with Gasteiger partial charge in [-0.05, 0) is 31.9 Å². The predicted molar refractivity (Wildman–Crippen MR) is 76.6 cm³/mol. The van der Waals surface area contributed by atoms with Gasteiger partial charge in [0.1, 0.15) is 0 Å². The monoisotopic (exact) mass is 231 g/mol. The molecule has 0 saturated heterocycles. The first-order chi connectivity index (χ1) is 8.07. The quantitative estimate of drug-likeness (QED) is 0.680. The van der Waals surface area contributed by atoms with Crippen LogP contribution < -0.4 is 0 Å². The summed E-state index contributed by atoms with van der Waals surface area (Å²) in [5.74, 6) is 0. The molecule has 0 N–H and O–H groups in total. The highest BCUT2D eigenvalue weighted by atomic mass is 15.1. The summed E-state index contributed by atoms with van der Waals surface area (Å²) in [6.07, 6.45) is 14.3.